The number of hydrogen-bond acceptors (Lipinski definition) is 2. The van der Waals surface area contributed by atoms with Crippen molar-refractivity contribution in [1.29, 1.82) is 0 Å². The number of rotatable bonds is 6. The van der Waals surface area contributed by atoms with Crippen LogP contribution in [0.15, 0.2) is 54.9 Å². The minimum absolute atomic E-state index is 0.897. The van der Waals surface area contributed by atoms with E-state index >= 15 is 0 Å². The second-order valence-corrected chi connectivity index (χ2v) is 3.96. The molecule has 1 radical (unpaired) electrons. The van der Waals surface area contributed by atoms with Crippen LogP contribution >= 0.6 is 0 Å². The average Bonchev–Trinajstić information content (AvgIpc) is 2.41. The van der Waals surface area contributed by atoms with E-state index < -0.39 is 0 Å². The van der Waals surface area contributed by atoms with Gasteiger partial charge in [0.15, 0.2) is 0 Å². The van der Waals surface area contributed by atoms with Crippen molar-refractivity contribution >= 4 is 0 Å². The summed E-state index contributed by atoms with van der Waals surface area (Å²) >= 11 is 0. The van der Waals surface area contributed by atoms with Gasteiger partial charge in [-0.1, -0.05) is 30.3 Å². The molecular weight excluding hydrogens is 208 g/mol. The van der Waals surface area contributed by atoms with Crippen LogP contribution in [0.5, 0.6) is 0 Å². The van der Waals surface area contributed by atoms with Crippen LogP contribution < -0.4 is 5.32 Å². The lowest BCUT2D eigenvalue weighted by molar-refractivity contribution is 0.724. The first-order chi connectivity index (χ1) is 8.45. The molecule has 0 aliphatic rings. The second-order valence-electron chi connectivity index (χ2n) is 3.96. The van der Waals surface area contributed by atoms with Crippen molar-refractivity contribution in [3.63, 3.8) is 0 Å². The van der Waals surface area contributed by atoms with Gasteiger partial charge in [0.25, 0.3) is 0 Å². The van der Waals surface area contributed by atoms with Gasteiger partial charge in [0.2, 0.25) is 0 Å². The van der Waals surface area contributed by atoms with Gasteiger partial charge in [0, 0.05) is 18.9 Å². The predicted molar refractivity (Wildman–Crippen MR) is 70.4 cm³/mol. The summed E-state index contributed by atoms with van der Waals surface area (Å²) in [5.41, 5.74) is 2.63. The second kappa shape index (κ2) is 6.81. The molecule has 87 valence electrons. The first-order valence-corrected chi connectivity index (χ1v) is 5.90. The van der Waals surface area contributed by atoms with E-state index in [9.17, 15) is 0 Å². The fourth-order valence-corrected chi connectivity index (χ4v) is 1.67. The summed E-state index contributed by atoms with van der Waals surface area (Å²) in [4.78, 5) is 3.99. The standard InChI is InChI=1S/C15H17N2/c1-2-5-14(6-3-1)7-4-10-17-13-15-8-11-16-12-9-15/h1-6,8-9,11-12,17H,7,10,13H2. The van der Waals surface area contributed by atoms with Crippen molar-refractivity contribution in [2.24, 2.45) is 0 Å². The molecule has 0 amide bonds. The molecule has 0 saturated heterocycles. The van der Waals surface area contributed by atoms with Gasteiger partial charge in [-0.2, -0.15) is 0 Å². The fraction of sp³-hybridized carbons (Fsp3) is 0.200. The Morgan fingerprint density at radius 1 is 0.941 bits per heavy atom. The van der Waals surface area contributed by atoms with Crippen LogP contribution in [0.1, 0.15) is 11.1 Å². The molecule has 2 nitrogen and oxygen atoms in total. The lowest BCUT2D eigenvalue weighted by Crippen LogP contribution is -2.15. The highest BCUT2D eigenvalue weighted by Gasteiger charge is 1.93. The summed E-state index contributed by atoms with van der Waals surface area (Å²) in [5.74, 6) is 0. The van der Waals surface area contributed by atoms with Crippen LogP contribution in [-0.2, 0) is 13.0 Å². The third kappa shape index (κ3) is 4.37. The summed E-state index contributed by atoms with van der Waals surface area (Å²) < 4.78 is 0. The molecule has 1 aromatic carbocycles. The predicted octanol–water partition coefficient (Wildman–Crippen LogP) is 2.62. The average molecular weight is 225 g/mol. The van der Waals surface area contributed by atoms with Crippen molar-refractivity contribution in [2.45, 2.75) is 13.0 Å². The van der Waals surface area contributed by atoms with Crippen LogP contribution in [0.2, 0.25) is 0 Å². The van der Waals surface area contributed by atoms with Crippen LogP contribution in [0.25, 0.3) is 0 Å². The molecule has 0 spiro atoms. The van der Waals surface area contributed by atoms with Crippen molar-refractivity contribution in [2.75, 3.05) is 6.54 Å². The van der Waals surface area contributed by atoms with Gasteiger partial charge in [0.05, 0.1) is 0 Å². The van der Waals surface area contributed by atoms with Crippen molar-refractivity contribution in [3.05, 3.63) is 72.4 Å². The molecule has 1 N–H and O–H groups in total. The molecule has 0 saturated carbocycles. The van der Waals surface area contributed by atoms with Gasteiger partial charge < -0.3 is 5.32 Å². The molecular formula is C15H17N2. The van der Waals surface area contributed by atoms with Crippen LogP contribution in [-0.4, -0.2) is 11.5 Å². The van der Waals surface area contributed by atoms with E-state index in [4.69, 9.17) is 0 Å². The van der Waals surface area contributed by atoms with Crippen LogP contribution in [0.3, 0.4) is 0 Å². The highest BCUT2D eigenvalue weighted by Crippen LogP contribution is 2.01. The maximum absolute atomic E-state index is 3.99. The monoisotopic (exact) mass is 225 g/mol. The van der Waals surface area contributed by atoms with E-state index in [1.807, 2.05) is 30.6 Å². The Hall–Kier alpha value is -1.67. The van der Waals surface area contributed by atoms with Gasteiger partial charge in [-0.25, -0.2) is 0 Å². The summed E-state index contributed by atoms with van der Waals surface area (Å²) in [6, 6.07) is 14.6. The van der Waals surface area contributed by atoms with E-state index in [0.717, 1.165) is 19.5 Å². The lowest BCUT2D eigenvalue weighted by Gasteiger charge is -2.04. The fourth-order valence-electron chi connectivity index (χ4n) is 1.67. The topological polar surface area (TPSA) is 24.9 Å². The van der Waals surface area contributed by atoms with E-state index in [1.54, 1.807) is 0 Å². The number of hydrogen-bond donors (Lipinski definition) is 1. The van der Waals surface area contributed by atoms with Crippen LogP contribution in [0, 0.1) is 6.42 Å². The third-order valence-electron chi connectivity index (χ3n) is 2.59. The Kier molecular flexibility index (Phi) is 4.73. The molecule has 0 unspecified atom stereocenters. The maximum atomic E-state index is 3.99. The first-order valence-electron chi connectivity index (χ1n) is 5.90. The number of nitrogens with zero attached hydrogens (tertiary/aromatic N) is 1. The Morgan fingerprint density at radius 3 is 2.47 bits per heavy atom. The smallest absolute Gasteiger partial charge is 0.0271 e. The molecule has 1 heterocycles. The van der Waals surface area contributed by atoms with E-state index in [1.165, 1.54) is 11.1 Å². The number of pyridine rings is 1. The maximum Gasteiger partial charge on any atom is 0.0271 e. The molecule has 0 aliphatic carbocycles. The SMILES string of the molecule is [CH](CNCc1ccncc1)Cc1ccccc1. The van der Waals surface area contributed by atoms with Crippen LogP contribution in [0.4, 0.5) is 0 Å². The van der Waals surface area contributed by atoms with Gasteiger partial charge in [-0.05, 0) is 42.6 Å². The number of aromatic nitrogens is 1. The van der Waals surface area contributed by atoms with Crippen molar-refractivity contribution in [3.8, 4) is 0 Å². The summed E-state index contributed by atoms with van der Waals surface area (Å²) in [6.07, 6.45) is 6.93. The quantitative estimate of drug-likeness (QED) is 0.764. The van der Waals surface area contributed by atoms with E-state index in [0.29, 0.717) is 0 Å². The zero-order chi connectivity index (χ0) is 11.8. The Labute approximate surface area is 103 Å². The van der Waals surface area contributed by atoms with Crippen molar-refractivity contribution in [1.82, 2.24) is 10.3 Å². The van der Waals surface area contributed by atoms with Gasteiger partial charge >= 0.3 is 0 Å². The molecule has 0 fully saturated rings. The van der Waals surface area contributed by atoms with Crippen molar-refractivity contribution < 1.29 is 0 Å². The lowest BCUT2D eigenvalue weighted by atomic mass is 10.1. The minimum Gasteiger partial charge on any atom is -0.312 e. The molecule has 2 aromatic rings. The Bertz CT molecular complexity index is 370. The Balaban J connectivity index is 1.61. The molecule has 0 bridgehead atoms. The molecule has 1 aromatic heterocycles. The highest BCUT2D eigenvalue weighted by molar-refractivity contribution is 5.16. The molecule has 0 aliphatic heterocycles. The summed E-state index contributed by atoms with van der Waals surface area (Å²) in [5, 5.41) is 3.39. The number of benzene rings is 1. The van der Waals surface area contributed by atoms with Gasteiger partial charge in [-0.15, -0.1) is 0 Å². The van der Waals surface area contributed by atoms with Gasteiger partial charge in [0.1, 0.15) is 0 Å². The number of nitrogens with one attached hydrogen (secondary N) is 1. The molecule has 2 heteroatoms. The first kappa shape index (κ1) is 11.8. The third-order valence-corrected chi connectivity index (χ3v) is 2.59. The molecule has 17 heavy (non-hydrogen) atoms. The van der Waals surface area contributed by atoms with Gasteiger partial charge in [-0.3, -0.25) is 4.98 Å². The minimum atomic E-state index is 0.897. The largest absolute Gasteiger partial charge is 0.312 e. The zero-order valence-electron chi connectivity index (χ0n) is 9.84. The molecule has 2 rings (SSSR count). The van der Waals surface area contributed by atoms with E-state index in [-0.39, 0.29) is 0 Å². The Morgan fingerprint density at radius 2 is 1.71 bits per heavy atom. The zero-order valence-corrected chi connectivity index (χ0v) is 9.84. The molecule has 0 atom stereocenters. The summed E-state index contributed by atoms with van der Waals surface area (Å²) in [6.45, 7) is 1.82. The highest BCUT2D eigenvalue weighted by atomic mass is 14.8. The summed E-state index contributed by atoms with van der Waals surface area (Å²) in [7, 11) is 0. The van der Waals surface area contributed by atoms with E-state index in [2.05, 4.69) is 41.0 Å². The normalized spacial score (nSPS) is 10.4.